The molecular weight excluding hydrogens is 779 g/mol. The molecule has 0 amide bonds. The number of carbonyl (C=O) groups excluding carboxylic acids is 1. The van der Waals surface area contributed by atoms with Gasteiger partial charge in [-0.1, -0.05) is 115 Å². The van der Waals surface area contributed by atoms with E-state index in [4.69, 9.17) is 28.4 Å². The quantitative estimate of drug-likeness (QED) is 0.0765. The summed E-state index contributed by atoms with van der Waals surface area (Å²) in [7, 11) is -4.94. The third-order valence-electron chi connectivity index (χ3n) is 7.27. The standard InChI is InChI=1S/C24H22N4.C15H12O2.C4H10O.ClHO4.Ni/c1-2-9-20(10-3-1)24-14-8-13-23(27-24)19-28(17-21-11-4-6-15-25-21)18-22-12-5-7-16-26-22;16-14(12-7-3-1-4-8-12)11-15(17)13-9-5-2-6-10-13;1-3-5-4-2;2-1(3,4)5;/h1-16H,17-19H2;1-11,16H;3-4H2,1-2H3;(H,2,3,4,5);/q;;;;+3/p-2/b;14-11-;;;. The van der Waals surface area contributed by atoms with E-state index < -0.39 is 10.2 Å². The number of nitrogens with zero attached hydrogens (tertiary/aromatic N) is 4. The number of carbonyl (C=O) groups is 1. The van der Waals surface area contributed by atoms with Crippen molar-refractivity contribution in [2.24, 2.45) is 0 Å². The summed E-state index contributed by atoms with van der Waals surface area (Å²) in [6.45, 7) is 7.89. The first kappa shape index (κ1) is 47.0. The van der Waals surface area contributed by atoms with Crippen LogP contribution in [-0.2, 0) is 40.9 Å². The molecule has 3 aromatic heterocycles. The van der Waals surface area contributed by atoms with Crippen LogP contribution in [0.15, 0.2) is 164 Å². The predicted molar refractivity (Wildman–Crippen MR) is 198 cm³/mol. The number of ketones is 1. The number of hydrogen-bond donors (Lipinski definition) is 0. The smallest absolute Gasteiger partial charge is 0.872 e. The van der Waals surface area contributed by atoms with Gasteiger partial charge in [-0.25, -0.2) is 18.6 Å². The van der Waals surface area contributed by atoms with Crippen molar-refractivity contribution >= 4 is 11.5 Å². The summed E-state index contributed by atoms with van der Waals surface area (Å²) in [5, 5.41) is 11.8. The van der Waals surface area contributed by atoms with Crippen molar-refractivity contribution in [1.29, 1.82) is 0 Å². The molecule has 0 fully saturated rings. The second-order valence-electron chi connectivity index (χ2n) is 11.4. The van der Waals surface area contributed by atoms with Crippen LogP contribution in [0.5, 0.6) is 0 Å². The van der Waals surface area contributed by atoms with Crippen LogP contribution in [0.2, 0.25) is 0 Å². The average molecular weight is 822 g/mol. The Morgan fingerprint density at radius 3 is 1.48 bits per heavy atom. The monoisotopic (exact) mass is 820 g/mol. The van der Waals surface area contributed by atoms with E-state index in [0.29, 0.717) is 11.1 Å². The van der Waals surface area contributed by atoms with Crippen molar-refractivity contribution in [2.45, 2.75) is 33.5 Å². The SMILES string of the molecule is CCOCC.O=C(/C=C(\[O-])c1ccccc1)c1ccccc1.[Ni+3].[O-][Cl+3]([O-])([O-])[O-].c1ccc(-c2cccc(CN(Cc3ccccn3)Cc3ccccn3)n2)cc1. The summed E-state index contributed by atoms with van der Waals surface area (Å²) < 4.78 is 38.8. The second kappa shape index (κ2) is 26.6. The molecule has 0 N–H and O–H groups in total. The third-order valence-corrected chi connectivity index (χ3v) is 7.27. The van der Waals surface area contributed by atoms with Crippen LogP contribution in [0.4, 0.5) is 0 Å². The summed E-state index contributed by atoms with van der Waals surface area (Å²) in [5.41, 5.74) is 6.29. The maximum atomic E-state index is 11.8. The van der Waals surface area contributed by atoms with E-state index in [2.05, 4.69) is 57.3 Å². The van der Waals surface area contributed by atoms with Crippen LogP contribution < -0.4 is 23.7 Å². The minimum absolute atomic E-state index is 0. The largest absolute Gasteiger partial charge is 3.00 e. The maximum Gasteiger partial charge on any atom is 3.00 e. The fourth-order valence-corrected chi connectivity index (χ4v) is 4.87. The molecule has 11 nitrogen and oxygen atoms in total. The molecule has 3 aromatic carbocycles. The van der Waals surface area contributed by atoms with Gasteiger partial charge in [-0.3, -0.25) is 24.6 Å². The number of rotatable bonds is 12. The molecule has 6 rings (SSSR count). The van der Waals surface area contributed by atoms with Crippen molar-refractivity contribution in [3.63, 3.8) is 0 Å². The van der Waals surface area contributed by atoms with Crippen LogP contribution in [0.25, 0.3) is 17.0 Å². The van der Waals surface area contributed by atoms with E-state index in [1.54, 1.807) is 48.5 Å². The van der Waals surface area contributed by atoms with Crippen molar-refractivity contribution in [3.8, 4) is 11.3 Å². The molecule has 0 aliphatic heterocycles. The van der Waals surface area contributed by atoms with E-state index in [1.165, 1.54) is 0 Å². The first-order valence-corrected chi connectivity index (χ1v) is 18.6. The molecular formula is C43H43ClN4NiO7+. The van der Waals surface area contributed by atoms with E-state index in [-0.39, 0.29) is 28.0 Å². The molecule has 0 unspecified atom stereocenters. The first-order valence-electron chi connectivity index (χ1n) is 17.3. The Hall–Kier alpha value is -5.14. The van der Waals surface area contributed by atoms with Crippen LogP contribution in [0, 0.1) is 10.2 Å². The first-order chi connectivity index (χ1) is 26.6. The van der Waals surface area contributed by atoms with Crippen LogP contribution >= 0.6 is 0 Å². The van der Waals surface area contributed by atoms with Crippen LogP contribution in [0.1, 0.15) is 46.9 Å². The zero-order valence-electron chi connectivity index (χ0n) is 31.0. The second-order valence-corrected chi connectivity index (χ2v) is 12.2. The van der Waals surface area contributed by atoms with Gasteiger partial charge in [-0.05, 0) is 61.9 Å². The van der Waals surface area contributed by atoms with E-state index >= 15 is 0 Å². The Labute approximate surface area is 340 Å². The summed E-state index contributed by atoms with van der Waals surface area (Å²) >= 11 is 0. The summed E-state index contributed by atoms with van der Waals surface area (Å²) in [6.07, 6.45) is 4.80. The zero-order valence-corrected chi connectivity index (χ0v) is 32.7. The van der Waals surface area contributed by atoms with Gasteiger partial charge in [0.25, 0.3) is 0 Å². The van der Waals surface area contributed by atoms with Gasteiger partial charge in [-0.2, -0.15) is 0 Å². The van der Waals surface area contributed by atoms with Gasteiger partial charge in [-0.15, -0.1) is 10.2 Å². The Morgan fingerprint density at radius 2 is 1.04 bits per heavy atom. The number of pyridine rings is 3. The molecule has 0 aliphatic carbocycles. The fraction of sp³-hybridized carbons (Fsp3) is 0.163. The molecule has 3 heterocycles. The molecule has 0 bridgehead atoms. The van der Waals surface area contributed by atoms with E-state index in [9.17, 15) is 9.90 Å². The number of allylic oxidation sites excluding steroid dienone is 1. The Balaban J connectivity index is 0.000000328. The normalized spacial score (nSPS) is 10.7. The zero-order chi connectivity index (χ0) is 39.7. The maximum absolute atomic E-state index is 11.8. The molecule has 0 spiro atoms. The van der Waals surface area contributed by atoms with Gasteiger partial charge >= 0.3 is 16.5 Å². The van der Waals surface area contributed by atoms with E-state index in [1.807, 2.05) is 80.8 Å². The predicted octanol–water partition coefficient (Wildman–Crippen LogP) is 3.30. The number of aromatic nitrogens is 3. The van der Waals surface area contributed by atoms with Gasteiger partial charge in [0.1, 0.15) is 0 Å². The summed E-state index contributed by atoms with van der Waals surface area (Å²) in [5.74, 6) is -0.529. The van der Waals surface area contributed by atoms with Crippen molar-refractivity contribution in [3.05, 3.63) is 192 Å². The summed E-state index contributed by atoms with van der Waals surface area (Å²) in [4.78, 5) is 27.9. The molecule has 13 heteroatoms. The van der Waals surface area contributed by atoms with Gasteiger partial charge in [0.2, 0.25) is 0 Å². The van der Waals surface area contributed by atoms with Crippen LogP contribution in [-0.4, -0.2) is 38.8 Å². The Morgan fingerprint density at radius 1 is 0.607 bits per heavy atom. The van der Waals surface area contributed by atoms with Gasteiger partial charge in [0.05, 0.1) is 22.8 Å². The van der Waals surface area contributed by atoms with Crippen molar-refractivity contribution in [2.75, 3.05) is 13.2 Å². The van der Waals surface area contributed by atoms with Crippen molar-refractivity contribution in [1.82, 2.24) is 19.9 Å². The number of ether oxygens (including phenoxy) is 1. The summed E-state index contributed by atoms with van der Waals surface area (Å²) in [6, 6.07) is 46.0. The molecule has 0 atom stereocenters. The Bertz CT molecular complexity index is 1910. The minimum atomic E-state index is -4.94. The fourth-order valence-electron chi connectivity index (χ4n) is 4.87. The topological polar surface area (TPSA) is 184 Å². The average Bonchev–Trinajstić information content (AvgIpc) is 3.20. The van der Waals surface area contributed by atoms with Gasteiger partial charge in [0.15, 0.2) is 5.78 Å². The number of hydrogen-bond acceptors (Lipinski definition) is 11. The molecule has 1 radical (unpaired) electrons. The molecule has 293 valence electrons. The number of benzene rings is 3. The minimum Gasteiger partial charge on any atom is -0.872 e. The Kier molecular flexibility index (Phi) is 22.4. The molecule has 0 aliphatic rings. The third kappa shape index (κ3) is 20.0. The number of halogens is 1. The molecule has 0 saturated carbocycles. The van der Waals surface area contributed by atoms with E-state index in [0.717, 1.165) is 67.3 Å². The van der Waals surface area contributed by atoms with Gasteiger partial charge in [0, 0.05) is 56.4 Å². The van der Waals surface area contributed by atoms with Crippen molar-refractivity contribution < 1.29 is 60.0 Å². The molecule has 6 aromatic rings. The molecule has 56 heavy (non-hydrogen) atoms. The van der Waals surface area contributed by atoms with Gasteiger partial charge < -0.3 is 9.84 Å². The molecule has 0 saturated heterocycles. The van der Waals surface area contributed by atoms with Crippen LogP contribution in [0.3, 0.4) is 0 Å².